The van der Waals surface area contributed by atoms with E-state index in [4.69, 9.17) is 0 Å². The van der Waals surface area contributed by atoms with Gasteiger partial charge in [-0.2, -0.15) is 0 Å². The molecule has 4 rings (SSSR count). The van der Waals surface area contributed by atoms with Crippen LogP contribution in [0.1, 0.15) is 12.8 Å². The van der Waals surface area contributed by atoms with Crippen molar-refractivity contribution in [1.29, 1.82) is 0 Å². The average molecular weight is 445 g/mol. The first kappa shape index (κ1) is 20.6. The van der Waals surface area contributed by atoms with E-state index in [-0.39, 0.29) is 39.9 Å². The Morgan fingerprint density at radius 2 is 2.00 bits per heavy atom. The van der Waals surface area contributed by atoms with E-state index >= 15 is 0 Å². The predicted molar refractivity (Wildman–Crippen MR) is 112 cm³/mol. The van der Waals surface area contributed by atoms with Crippen LogP contribution in [-0.4, -0.2) is 57.5 Å². The number of aromatic nitrogens is 2. The van der Waals surface area contributed by atoms with E-state index in [9.17, 15) is 28.4 Å². The van der Waals surface area contributed by atoms with E-state index in [0.717, 1.165) is 10.2 Å². The third-order valence-electron chi connectivity index (χ3n) is 5.20. The number of fused-ring (bicyclic) bond motifs is 1. The lowest BCUT2D eigenvalue weighted by Crippen LogP contribution is -2.44. The van der Waals surface area contributed by atoms with Crippen molar-refractivity contribution in [3.8, 4) is 0 Å². The van der Waals surface area contributed by atoms with Crippen LogP contribution in [0.2, 0.25) is 0 Å². The molecule has 1 aromatic carbocycles. The summed E-state index contributed by atoms with van der Waals surface area (Å²) in [5, 5.41) is 24.2. The highest BCUT2D eigenvalue weighted by atomic mass is 32.2. The molecule has 0 spiro atoms. The van der Waals surface area contributed by atoms with Crippen LogP contribution < -0.4 is 5.32 Å². The third-order valence-corrected chi connectivity index (χ3v) is 6.88. The van der Waals surface area contributed by atoms with Gasteiger partial charge in [0.2, 0.25) is 0 Å². The molecule has 1 amide bonds. The van der Waals surface area contributed by atoms with Crippen LogP contribution >= 0.6 is 0 Å². The minimum Gasteiger partial charge on any atom is -0.465 e. The lowest BCUT2D eigenvalue weighted by Gasteiger charge is -2.31. The number of rotatable bonds is 5. The summed E-state index contributed by atoms with van der Waals surface area (Å²) in [7, 11) is -3.95. The van der Waals surface area contributed by atoms with Crippen molar-refractivity contribution >= 4 is 38.5 Å². The molecule has 1 saturated heterocycles. The Balaban J connectivity index is 1.79. The number of carboxylic acid groups (broad SMARTS) is 1. The summed E-state index contributed by atoms with van der Waals surface area (Å²) >= 11 is 0. The van der Waals surface area contributed by atoms with Crippen molar-refractivity contribution in [3.05, 3.63) is 58.9 Å². The second-order valence-corrected chi connectivity index (χ2v) is 8.97. The van der Waals surface area contributed by atoms with Crippen LogP contribution in [0.5, 0.6) is 0 Å². The minimum atomic E-state index is -3.95. The van der Waals surface area contributed by atoms with E-state index in [1.165, 1.54) is 29.3 Å². The summed E-state index contributed by atoms with van der Waals surface area (Å²) in [6.07, 6.45) is 2.49. The van der Waals surface area contributed by atoms with Gasteiger partial charge in [-0.1, -0.05) is 18.2 Å². The molecule has 0 bridgehead atoms. The normalized spacial score (nSPS) is 16.9. The number of benzene rings is 1. The number of anilines is 1. The van der Waals surface area contributed by atoms with Gasteiger partial charge in [-0.3, -0.25) is 10.1 Å². The number of hydrogen-bond donors (Lipinski definition) is 2. The average Bonchev–Trinajstić information content (AvgIpc) is 3.20. The SMILES string of the molecule is O=C(O)N1CCCC(Nc2c([N+](=O)[O-])cnc3c2ccn3S(=O)(=O)c2ccccc2)C1. The lowest BCUT2D eigenvalue weighted by molar-refractivity contribution is -0.384. The standard InChI is InChI=1S/C19H19N5O6S/c25-19(26)22-9-4-5-13(12-22)21-17-15-8-10-23(18(15)20-11-16(17)24(27)28)31(29,30)14-6-2-1-3-7-14/h1-3,6-8,10-11,13H,4-5,9,12H2,(H,20,21)(H,25,26). The van der Waals surface area contributed by atoms with Crippen LogP contribution in [0.3, 0.4) is 0 Å². The van der Waals surface area contributed by atoms with Gasteiger partial charge in [0.15, 0.2) is 5.65 Å². The number of nitrogens with zero attached hydrogens (tertiary/aromatic N) is 4. The van der Waals surface area contributed by atoms with E-state index in [0.29, 0.717) is 19.4 Å². The molecule has 31 heavy (non-hydrogen) atoms. The zero-order valence-corrected chi connectivity index (χ0v) is 17.0. The number of amides is 1. The van der Waals surface area contributed by atoms with Crippen LogP contribution in [0.25, 0.3) is 11.0 Å². The molecule has 1 fully saturated rings. The molecular weight excluding hydrogens is 426 g/mol. The molecule has 1 aliphatic heterocycles. The Labute approximate surface area is 177 Å². The van der Waals surface area contributed by atoms with Crippen molar-refractivity contribution in [2.75, 3.05) is 18.4 Å². The number of hydrogen-bond acceptors (Lipinski definition) is 7. The summed E-state index contributed by atoms with van der Waals surface area (Å²) in [4.78, 5) is 27.7. The van der Waals surface area contributed by atoms with Crippen LogP contribution in [0.4, 0.5) is 16.2 Å². The fourth-order valence-electron chi connectivity index (χ4n) is 3.72. The van der Waals surface area contributed by atoms with Gasteiger partial charge < -0.3 is 15.3 Å². The summed E-state index contributed by atoms with van der Waals surface area (Å²) < 4.78 is 27.1. The Bertz CT molecular complexity index is 1260. The molecule has 0 aliphatic carbocycles. The number of piperidine rings is 1. The van der Waals surface area contributed by atoms with E-state index in [1.54, 1.807) is 18.2 Å². The third kappa shape index (κ3) is 3.77. The Morgan fingerprint density at radius 1 is 1.26 bits per heavy atom. The second-order valence-electron chi connectivity index (χ2n) is 7.15. The maximum Gasteiger partial charge on any atom is 0.407 e. The summed E-state index contributed by atoms with van der Waals surface area (Å²) in [6.45, 7) is 0.562. The van der Waals surface area contributed by atoms with Crippen LogP contribution in [0.15, 0.2) is 53.7 Å². The van der Waals surface area contributed by atoms with Crippen molar-refractivity contribution in [2.45, 2.75) is 23.8 Å². The van der Waals surface area contributed by atoms with E-state index < -0.39 is 21.0 Å². The summed E-state index contributed by atoms with van der Waals surface area (Å²) in [5.74, 6) is 0. The Hall–Kier alpha value is -3.67. The molecule has 2 N–H and O–H groups in total. The van der Waals surface area contributed by atoms with Gasteiger partial charge in [0.25, 0.3) is 10.0 Å². The van der Waals surface area contributed by atoms with Crippen molar-refractivity contribution in [3.63, 3.8) is 0 Å². The quantitative estimate of drug-likeness (QED) is 0.450. The lowest BCUT2D eigenvalue weighted by atomic mass is 10.1. The van der Waals surface area contributed by atoms with E-state index in [1.807, 2.05) is 0 Å². The first-order valence-corrected chi connectivity index (χ1v) is 10.9. The van der Waals surface area contributed by atoms with Gasteiger partial charge in [-0.15, -0.1) is 0 Å². The number of nitro groups is 1. The molecule has 1 atom stereocenters. The molecule has 11 nitrogen and oxygen atoms in total. The molecule has 1 aliphatic rings. The van der Waals surface area contributed by atoms with Crippen molar-refractivity contribution < 1.29 is 23.2 Å². The van der Waals surface area contributed by atoms with Gasteiger partial charge in [0, 0.05) is 25.3 Å². The molecular formula is C19H19N5O6S. The fraction of sp³-hybridized carbons (Fsp3) is 0.263. The first-order valence-electron chi connectivity index (χ1n) is 9.48. The number of nitrogens with one attached hydrogen (secondary N) is 1. The van der Waals surface area contributed by atoms with Gasteiger partial charge >= 0.3 is 11.8 Å². The monoisotopic (exact) mass is 445 g/mol. The van der Waals surface area contributed by atoms with E-state index in [2.05, 4.69) is 10.3 Å². The molecule has 0 saturated carbocycles. The maximum atomic E-state index is 13.0. The fourth-order valence-corrected chi connectivity index (χ4v) is 5.04. The van der Waals surface area contributed by atoms with Crippen molar-refractivity contribution in [2.24, 2.45) is 0 Å². The second kappa shape index (κ2) is 7.87. The number of pyridine rings is 1. The zero-order chi connectivity index (χ0) is 22.2. The van der Waals surface area contributed by atoms with Crippen LogP contribution in [-0.2, 0) is 10.0 Å². The largest absolute Gasteiger partial charge is 0.465 e. The number of likely N-dealkylation sites (tertiary alicyclic amines) is 1. The van der Waals surface area contributed by atoms with Gasteiger partial charge in [0.1, 0.15) is 11.9 Å². The van der Waals surface area contributed by atoms with Crippen LogP contribution in [0, 0.1) is 10.1 Å². The zero-order valence-electron chi connectivity index (χ0n) is 16.2. The van der Waals surface area contributed by atoms with Gasteiger partial charge in [0.05, 0.1) is 15.2 Å². The molecule has 162 valence electrons. The predicted octanol–water partition coefficient (Wildman–Crippen LogP) is 2.74. The summed E-state index contributed by atoms with van der Waals surface area (Å²) in [6, 6.07) is 8.89. The minimum absolute atomic E-state index is 0.0443. The molecule has 12 heteroatoms. The number of carbonyl (C=O) groups is 1. The highest BCUT2D eigenvalue weighted by Gasteiger charge is 2.29. The maximum absolute atomic E-state index is 13.0. The smallest absolute Gasteiger partial charge is 0.407 e. The Morgan fingerprint density at radius 3 is 2.68 bits per heavy atom. The first-order chi connectivity index (χ1) is 14.8. The summed E-state index contributed by atoms with van der Waals surface area (Å²) in [5.41, 5.74) is -0.146. The Kier molecular flexibility index (Phi) is 5.23. The molecule has 1 unspecified atom stereocenters. The molecule has 3 heterocycles. The van der Waals surface area contributed by atoms with Gasteiger partial charge in [-0.05, 0) is 31.0 Å². The molecule has 3 aromatic rings. The topological polar surface area (TPSA) is 148 Å². The highest BCUT2D eigenvalue weighted by Crippen LogP contribution is 2.34. The van der Waals surface area contributed by atoms with Gasteiger partial charge in [-0.25, -0.2) is 22.2 Å². The molecule has 2 aromatic heterocycles. The molecule has 0 radical (unpaired) electrons. The van der Waals surface area contributed by atoms with Crippen molar-refractivity contribution in [1.82, 2.24) is 13.9 Å². The highest BCUT2D eigenvalue weighted by molar-refractivity contribution is 7.90.